The van der Waals surface area contributed by atoms with Crippen LogP contribution in [0.5, 0.6) is 0 Å². The number of hydrogen-bond donors (Lipinski definition) is 0. The second-order valence-electron chi connectivity index (χ2n) is 18.6. The Hall–Kier alpha value is -8.78. The normalized spacial score (nSPS) is 13.1. The van der Waals surface area contributed by atoms with E-state index in [1.807, 2.05) is 0 Å². The fraction of sp³-hybridized carbons (Fsp3) is 0.0149. The molecule has 0 atom stereocenters. The van der Waals surface area contributed by atoms with Gasteiger partial charge in [0.25, 0.3) is 0 Å². The van der Waals surface area contributed by atoms with Crippen molar-refractivity contribution in [1.82, 2.24) is 0 Å². The first-order valence-electron chi connectivity index (χ1n) is 23.8. The molecular weight excluding hydrogens is 819 g/mol. The Balaban J connectivity index is 1.09. The molecule has 0 heterocycles. The maximum Gasteiger partial charge on any atom is 0.0726 e. The summed E-state index contributed by atoms with van der Waals surface area (Å²) in [5.74, 6) is 0. The van der Waals surface area contributed by atoms with E-state index < -0.39 is 5.41 Å². The predicted octanol–water partition coefficient (Wildman–Crippen LogP) is 18.1. The van der Waals surface area contributed by atoms with Gasteiger partial charge >= 0.3 is 0 Å². The molecule has 0 saturated heterocycles. The molecule has 0 aliphatic heterocycles. The summed E-state index contributed by atoms with van der Waals surface area (Å²) in [6.07, 6.45) is 0. The van der Waals surface area contributed by atoms with Crippen LogP contribution in [0.4, 0.5) is 17.1 Å². The Morgan fingerprint density at radius 2 is 0.603 bits per heavy atom. The van der Waals surface area contributed by atoms with Gasteiger partial charge in [0, 0.05) is 16.9 Å². The van der Waals surface area contributed by atoms with Gasteiger partial charge in [-0.2, -0.15) is 0 Å². The minimum atomic E-state index is -0.508. The van der Waals surface area contributed by atoms with Gasteiger partial charge in [-0.1, -0.05) is 206 Å². The van der Waals surface area contributed by atoms with Gasteiger partial charge in [-0.05, 0) is 157 Å². The molecule has 1 heteroatoms. The number of hydrogen-bond acceptors (Lipinski definition) is 1. The Bertz CT molecular complexity index is 4160. The number of para-hydroxylation sites is 1. The quantitative estimate of drug-likeness (QED) is 0.159. The second-order valence-corrected chi connectivity index (χ2v) is 18.6. The van der Waals surface area contributed by atoms with Crippen LogP contribution in [0.1, 0.15) is 22.3 Å². The Labute approximate surface area is 394 Å². The summed E-state index contributed by atoms with van der Waals surface area (Å²) in [6, 6.07) is 93.5. The van der Waals surface area contributed by atoms with Gasteiger partial charge in [-0.3, -0.25) is 0 Å². The van der Waals surface area contributed by atoms with E-state index in [1.165, 1.54) is 120 Å². The van der Waals surface area contributed by atoms with Gasteiger partial charge in [0.05, 0.1) is 11.1 Å². The molecule has 0 unspecified atom stereocenters. The lowest BCUT2D eigenvalue weighted by Gasteiger charge is -2.33. The Morgan fingerprint density at radius 3 is 1.10 bits per heavy atom. The van der Waals surface area contributed by atoms with Crippen LogP contribution >= 0.6 is 0 Å². The van der Waals surface area contributed by atoms with Crippen molar-refractivity contribution >= 4 is 81.7 Å². The lowest BCUT2D eigenvalue weighted by molar-refractivity contribution is 0.794. The average molecular weight is 860 g/mol. The van der Waals surface area contributed by atoms with E-state index in [2.05, 4.69) is 254 Å². The molecule has 13 aromatic rings. The van der Waals surface area contributed by atoms with E-state index in [1.54, 1.807) is 0 Å². The summed E-state index contributed by atoms with van der Waals surface area (Å²) in [5, 5.41) is 15.2. The van der Waals surface area contributed by atoms with E-state index >= 15 is 0 Å². The standard InChI is InChI=1S/C67H41N/c1-2-18-43(19-3-1)68(44-35-37-54-50-25-7-5-21-46(50)48-23-9-11-27-52(48)60(54)39-44)66-41-65-61(57-30-14-17-33-64(57)67(65)62-31-15-12-28-55(62)56-29-13-16-32-63(56)67)40-58(66)42-34-36-53-49-24-6-4-20-45(49)47-22-8-10-26-51(47)59(53)38-42/h1-41H. The molecule has 0 radical (unpaired) electrons. The van der Waals surface area contributed by atoms with Crippen molar-refractivity contribution in [1.29, 1.82) is 0 Å². The van der Waals surface area contributed by atoms with Crippen molar-refractivity contribution in [3.05, 3.63) is 271 Å². The average Bonchev–Trinajstić information content (AvgIpc) is 3.88. The van der Waals surface area contributed by atoms with Gasteiger partial charge in [0.1, 0.15) is 0 Å². The first kappa shape index (κ1) is 37.4. The summed E-state index contributed by atoms with van der Waals surface area (Å²) < 4.78 is 0. The van der Waals surface area contributed by atoms with Crippen LogP contribution in [0.2, 0.25) is 0 Å². The third kappa shape index (κ3) is 5.00. The molecule has 1 nitrogen and oxygen atoms in total. The number of fused-ring (bicyclic) bond motifs is 22. The number of anilines is 3. The topological polar surface area (TPSA) is 3.24 Å². The Kier molecular flexibility index (Phi) is 7.77. The third-order valence-corrected chi connectivity index (χ3v) is 15.4. The van der Waals surface area contributed by atoms with Gasteiger partial charge in [0.15, 0.2) is 0 Å². The maximum absolute atomic E-state index is 2.57. The fourth-order valence-corrected chi connectivity index (χ4v) is 12.7. The maximum atomic E-state index is 2.57. The fourth-order valence-electron chi connectivity index (χ4n) is 12.7. The monoisotopic (exact) mass is 859 g/mol. The summed E-state index contributed by atoms with van der Waals surface area (Å²) in [4.78, 5) is 2.53. The second kappa shape index (κ2) is 14.1. The molecular formula is C67H41N. The molecule has 0 fully saturated rings. The zero-order valence-electron chi connectivity index (χ0n) is 37.1. The smallest absolute Gasteiger partial charge is 0.0726 e. The molecule has 0 bridgehead atoms. The van der Waals surface area contributed by atoms with Gasteiger partial charge in [-0.15, -0.1) is 0 Å². The zero-order chi connectivity index (χ0) is 44.5. The minimum absolute atomic E-state index is 0.508. The lowest BCUT2D eigenvalue weighted by Crippen LogP contribution is -2.26. The van der Waals surface area contributed by atoms with Crippen LogP contribution in [0, 0.1) is 0 Å². The molecule has 1 spiro atoms. The summed E-state index contributed by atoms with van der Waals surface area (Å²) in [6.45, 7) is 0. The molecule has 0 saturated carbocycles. The van der Waals surface area contributed by atoms with Gasteiger partial charge in [-0.25, -0.2) is 0 Å². The molecule has 2 aliphatic rings. The molecule has 0 amide bonds. The van der Waals surface area contributed by atoms with E-state index in [4.69, 9.17) is 0 Å². The van der Waals surface area contributed by atoms with E-state index in [0.717, 1.165) is 17.1 Å². The zero-order valence-corrected chi connectivity index (χ0v) is 37.1. The highest BCUT2D eigenvalue weighted by molar-refractivity contribution is 6.27. The first-order chi connectivity index (χ1) is 33.8. The highest BCUT2D eigenvalue weighted by Crippen LogP contribution is 2.64. The van der Waals surface area contributed by atoms with Gasteiger partial charge < -0.3 is 4.90 Å². The molecule has 2 aliphatic carbocycles. The van der Waals surface area contributed by atoms with Crippen LogP contribution in [0.25, 0.3) is 98.0 Å². The van der Waals surface area contributed by atoms with Crippen molar-refractivity contribution in [2.75, 3.05) is 4.90 Å². The first-order valence-corrected chi connectivity index (χ1v) is 23.8. The lowest BCUT2D eigenvalue weighted by atomic mass is 9.70. The number of benzene rings is 13. The summed E-state index contributed by atoms with van der Waals surface area (Å²) in [7, 11) is 0. The van der Waals surface area contributed by atoms with E-state index in [9.17, 15) is 0 Å². The molecule has 314 valence electrons. The molecule has 0 aromatic heterocycles. The number of nitrogens with zero attached hydrogens (tertiary/aromatic N) is 1. The van der Waals surface area contributed by atoms with Crippen LogP contribution in [-0.4, -0.2) is 0 Å². The highest BCUT2D eigenvalue weighted by Gasteiger charge is 2.52. The molecule has 0 N–H and O–H groups in total. The Morgan fingerprint density at radius 1 is 0.221 bits per heavy atom. The molecule has 15 rings (SSSR count). The highest BCUT2D eigenvalue weighted by atomic mass is 15.1. The van der Waals surface area contributed by atoms with Crippen LogP contribution < -0.4 is 4.90 Å². The summed E-state index contributed by atoms with van der Waals surface area (Å²) >= 11 is 0. The van der Waals surface area contributed by atoms with Crippen molar-refractivity contribution in [2.24, 2.45) is 0 Å². The van der Waals surface area contributed by atoms with Crippen molar-refractivity contribution in [3.8, 4) is 33.4 Å². The predicted molar refractivity (Wildman–Crippen MR) is 288 cm³/mol. The molecule has 13 aromatic carbocycles. The van der Waals surface area contributed by atoms with Crippen molar-refractivity contribution < 1.29 is 0 Å². The van der Waals surface area contributed by atoms with Crippen LogP contribution in [0.15, 0.2) is 249 Å². The summed E-state index contributed by atoms with van der Waals surface area (Å²) in [5.41, 5.74) is 15.7. The molecule has 68 heavy (non-hydrogen) atoms. The van der Waals surface area contributed by atoms with E-state index in [-0.39, 0.29) is 0 Å². The van der Waals surface area contributed by atoms with Crippen molar-refractivity contribution in [2.45, 2.75) is 5.41 Å². The van der Waals surface area contributed by atoms with Crippen LogP contribution in [0.3, 0.4) is 0 Å². The van der Waals surface area contributed by atoms with Crippen molar-refractivity contribution in [3.63, 3.8) is 0 Å². The van der Waals surface area contributed by atoms with E-state index in [0.29, 0.717) is 0 Å². The van der Waals surface area contributed by atoms with Crippen LogP contribution in [-0.2, 0) is 5.41 Å². The number of rotatable bonds is 4. The van der Waals surface area contributed by atoms with Gasteiger partial charge in [0.2, 0.25) is 0 Å². The third-order valence-electron chi connectivity index (χ3n) is 15.4. The minimum Gasteiger partial charge on any atom is -0.310 e. The largest absolute Gasteiger partial charge is 0.310 e. The SMILES string of the molecule is c1ccc(N(c2ccc3c4ccccc4c4ccccc4c3c2)c2cc3c(cc2-c2ccc4c5ccccc5c5ccccc5c4c2)-c2ccccc2C32c3ccccc3-c3ccccc32)cc1.